The number of benzene rings is 2. The zero-order valence-corrected chi connectivity index (χ0v) is 12.1. The van der Waals surface area contributed by atoms with E-state index < -0.39 is 0 Å². The van der Waals surface area contributed by atoms with Crippen LogP contribution in [0.2, 0.25) is 10.0 Å². The normalized spacial score (nSPS) is 12.0. The summed E-state index contributed by atoms with van der Waals surface area (Å²) in [6, 6.07) is 7.86. The van der Waals surface area contributed by atoms with E-state index in [1.807, 2.05) is 24.3 Å². The van der Waals surface area contributed by atoms with Gasteiger partial charge in [-0.1, -0.05) is 29.3 Å². The Hall–Kier alpha value is -1.38. The number of hydrogen-bond donors (Lipinski definition) is 0. The van der Waals surface area contributed by atoms with E-state index in [0.717, 1.165) is 28.1 Å². The zero-order chi connectivity index (χ0) is 13.6. The van der Waals surface area contributed by atoms with Crippen molar-refractivity contribution in [3.05, 3.63) is 45.4 Å². The second kappa shape index (κ2) is 4.62. The average molecular weight is 295 g/mol. The van der Waals surface area contributed by atoms with E-state index in [0.29, 0.717) is 16.5 Å². The summed E-state index contributed by atoms with van der Waals surface area (Å²) >= 11 is 12.3. The van der Waals surface area contributed by atoms with Crippen molar-refractivity contribution in [3.63, 3.8) is 0 Å². The maximum absolute atomic E-state index is 6.29. The number of ether oxygens (including phenoxy) is 2. The Bertz CT molecular complexity index is 666. The number of rotatable bonds is 2. The molecule has 2 nitrogen and oxygen atoms in total. The number of methoxy groups -OCH3 is 2. The molecule has 0 atom stereocenters. The molecule has 0 bridgehead atoms. The van der Waals surface area contributed by atoms with Gasteiger partial charge in [0.15, 0.2) is 0 Å². The van der Waals surface area contributed by atoms with Gasteiger partial charge >= 0.3 is 0 Å². The van der Waals surface area contributed by atoms with Crippen LogP contribution < -0.4 is 9.47 Å². The maximum atomic E-state index is 6.29. The Morgan fingerprint density at radius 3 is 2.47 bits per heavy atom. The summed E-state index contributed by atoms with van der Waals surface area (Å²) in [5, 5.41) is 1.26. The van der Waals surface area contributed by atoms with Crippen LogP contribution in [0.25, 0.3) is 11.1 Å². The second-order valence-corrected chi connectivity index (χ2v) is 5.24. The SMILES string of the molecule is COc1cc2c(c(OC)c1Cl)Cc1cc(Cl)ccc1-2. The van der Waals surface area contributed by atoms with Gasteiger partial charge in [0.05, 0.1) is 14.2 Å². The summed E-state index contributed by atoms with van der Waals surface area (Å²) in [6.07, 6.45) is 0.776. The Morgan fingerprint density at radius 2 is 1.79 bits per heavy atom. The van der Waals surface area contributed by atoms with Gasteiger partial charge in [0.2, 0.25) is 0 Å². The highest BCUT2D eigenvalue weighted by Gasteiger charge is 2.26. The molecule has 0 fully saturated rings. The summed E-state index contributed by atoms with van der Waals surface area (Å²) in [6.45, 7) is 0. The van der Waals surface area contributed by atoms with Crippen LogP contribution in [-0.2, 0) is 6.42 Å². The van der Waals surface area contributed by atoms with E-state index >= 15 is 0 Å². The highest BCUT2D eigenvalue weighted by atomic mass is 35.5. The van der Waals surface area contributed by atoms with E-state index in [-0.39, 0.29) is 0 Å². The fourth-order valence-corrected chi connectivity index (χ4v) is 3.10. The van der Waals surface area contributed by atoms with Crippen LogP contribution in [0.3, 0.4) is 0 Å². The van der Waals surface area contributed by atoms with Gasteiger partial charge in [0, 0.05) is 17.0 Å². The molecule has 0 saturated carbocycles. The van der Waals surface area contributed by atoms with Crippen molar-refractivity contribution in [1.29, 1.82) is 0 Å². The third kappa shape index (κ3) is 1.87. The molecule has 0 amide bonds. The molecule has 2 aromatic carbocycles. The largest absolute Gasteiger partial charge is 0.495 e. The lowest BCUT2D eigenvalue weighted by Gasteiger charge is -2.13. The van der Waals surface area contributed by atoms with Gasteiger partial charge in [-0.15, -0.1) is 0 Å². The fourth-order valence-electron chi connectivity index (χ4n) is 2.59. The summed E-state index contributed by atoms with van der Waals surface area (Å²) in [5.41, 5.74) is 4.54. The standard InChI is InChI=1S/C15H12Cl2O2/c1-18-13-7-11-10-4-3-9(16)5-8(10)6-12(11)15(19-2)14(13)17/h3-5,7H,6H2,1-2H3. The van der Waals surface area contributed by atoms with Gasteiger partial charge in [-0.3, -0.25) is 0 Å². The van der Waals surface area contributed by atoms with Crippen LogP contribution in [0.1, 0.15) is 11.1 Å². The molecule has 1 aliphatic carbocycles. The second-order valence-electron chi connectivity index (χ2n) is 4.43. The Balaban J connectivity index is 2.28. The lowest BCUT2D eigenvalue weighted by atomic mass is 10.0. The molecule has 0 aliphatic heterocycles. The van der Waals surface area contributed by atoms with Gasteiger partial charge in [0.25, 0.3) is 0 Å². The average Bonchev–Trinajstić information content (AvgIpc) is 2.74. The van der Waals surface area contributed by atoms with E-state index in [2.05, 4.69) is 0 Å². The molecular weight excluding hydrogens is 283 g/mol. The molecule has 3 rings (SSSR count). The Labute approximate surface area is 121 Å². The van der Waals surface area contributed by atoms with Crippen molar-refractivity contribution in [1.82, 2.24) is 0 Å². The van der Waals surface area contributed by atoms with E-state index in [1.54, 1.807) is 14.2 Å². The first-order valence-corrected chi connectivity index (χ1v) is 6.63. The first-order valence-electron chi connectivity index (χ1n) is 5.88. The predicted octanol–water partition coefficient (Wildman–Crippen LogP) is 4.58. The fraction of sp³-hybridized carbons (Fsp3) is 0.200. The van der Waals surface area contributed by atoms with Crippen molar-refractivity contribution in [2.45, 2.75) is 6.42 Å². The molecule has 98 valence electrons. The Morgan fingerprint density at radius 1 is 1.00 bits per heavy atom. The van der Waals surface area contributed by atoms with E-state index in [4.69, 9.17) is 32.7 Å². The first kappa shape index (κ1) is 12.6. The third-order valence-electron chi connectivity index (χ3n) is 3.44. The third-order valence-corrected chi connectivity index (χ3v) is 4.03. The number of fused-ring (bicyclic) bond motifs is 3. The minimum atomic E-state index is 0.516. The van der Waals surface area contributed by atoms with Gasteiger partial charge in [-0.25, -0.2) is 0 Å². The van der Waals surface area contributed by atoms with Crippen LogP contribution in [0.5, 0.6) is 11.5 Å². The molecule has 0 heterocycles. The topological polar surface area (TPSA) is 18.5 Å². The molecule has 2 aromatic rings. The maximum Gasteiger partial charge on any atom is 0.145 e. The Kier molecular flexibility index (Phi) is 3.08. The minimum Gasteiger partial charge on any atom is -0.495 e. The smallest absolute Gasteiger partial charge is 0.145 e. The molecule has 0 saturated heterocycles. The van der Waals surface area contributed by atoms with E-state index in [1.165, 1.54) is 5.56 Å². The van der Waals surface area contributed by atoms with Gasteiger partial charge in [0.1, 0.15) is 16.5 Å². The first-order chi connectivity index (χ1) is 9.15. The van der Waals surface area contributed by atoms with Crippen molar-refractivity contribution in [2.24, 2.45) is 0 Å². The van der Waals surface area contributed by atoms with Crippen molar-refractivity contribution in [2.75, 3.05) is 14.2 Å². The lowest BCUT2D eigenvalue weighted by Crippen LogP contribution is -1.95. The van der Waals surface area contributed by atoms with Crippen molar-refractivity contribution in [3.8, 4) is 22.6 Å². The predicted molar refractivity (Wildman–Crippen MR) is 77.8 cm³/mol. The van der Waals surface area contributed by atoms with Crippen LogP contribution >= 0.6 is 23.2 Å². The molecular formula is C15H12Cl2O2. The monoisotopic (exact) mass is 294 g/mol. The molecule has 0 spiro atoms. The zero-order valence-electron chi connectivity index (χ0n) is 10.6. The van der Waals surface area contributed by atoms with Crippen LogP contribution in [0, 0.1) is 0 Å². The highest BCUT2D eigenvalue weighted by molar-refractivity contribution is 6.34. The summed E-state index contributed by atoms with van der Waals surface area (Å²) < 4.78 is 10.8. The van der Waals surface area contributed by atoms with E-state index in [9.17, 15) is 0 Å². The van der Waals surface area contributed by atoms with Crippen LogP contribution in [0.4, 0.5) is 0 Å². The summed E-state index contributed by atoms with van der Waals surface area (Å²) in [4.78, 5) is 0. The van der Waals surface area contributed by atoms with Crippen LogP contribution in [-0.4, -0.2) is 14.2 Å². The lowest BCUT2D eigenvalue weighted by molar-refractivity contribution is 0.393. The number of halogens is 2. The molecule has 19 heavy (non-hydrogen) atoms. The number of hydrogen-bond acceptors (Lipinski definition) is 2. The van der Waals surface area contributed by atoms with Gasteiger partial charge < -0.3 is 9.47 Å². The van der Waals surface area contributed by atoms with Gasteiger partial charge in [-0.05, 0) is 34.9 Å². The van der Waals surface area contributed by atoms with Crippen molar-refractivity contribution >= 4 is 23.2 Å². The van der Waals surface area contributed by atoms with Gasteiger partial charge in [-0.2, -0.15) is 0 Å². The molecule has 1 aliphatic rings. The highest BCUT2D eigenvalue weighted by Crippen LogP contribution is 2.48. The molecule has 4 heteroatoms. The molecule has 0 radical (unpaired) electrons. The quantitative estimate of drug-likeness (QED) is 0.689. The molecule has 0 unspecified atom stereocenters. The molecule has 0 N–H and O–H groups in total. The molecule has 0 aromatic heterocycles. The minimum absolute atomic E-state index is 0.516. The van der Waals surface area contributed by atoms with Crippen LogP contribution in [0.15, 0.2) is 24.3 Å². The summed E-state index contributed by atoms with van der Waals surface area (Å²) in [5.74, 6) is 1.31. The summed E-state index contributed by atoms with van der Waals surface area (Å²) in [7, 11) is 3.22. The van der Waals surface area contributed by atoms with Crippen molar-refractivity contribution < 1.29 is 9.47 Å².